The van der Waals surface area contributed by atoms with Crippen LogP contribution in [0.2, 0.25) is 0 Å². The number of hydrogen-bond acceptors (Lipinski definition) is 21. The summed E-state index contributed by atoms with van der Waals surface area (Å²) >= 11 is 0. The Kier molecular flexibility index (Phi) is 26.2. The van der Waals surface area contributed by atoms with Gasteiger partial charge in [-0.3, -0.25) is 4.79 Å². The van der Waals surface area contributed by atoms with E-state index in [1.165, 1.54) is 51.0 Å². The molecular weight excluding hydrogens is 932 g/mol. The van der Waals surface area contributed by atoms with Crippen LogP contribution in [0, 0.1) is 0 Å². The number of ether oxygens (including phenoxy) is 7. The van der Waals surface area contributed by atoms with E-state index in [4.69, 9.17) is 33.2 Å². The average Bonchev–Trinajstić information content (AvgIpc) is 3.30. The second-order valence-electron chi connectivity index (χ2n) is 19.3. The quantitative estimate of drug-likeness (QED) is 0.0294. The zero-order valence-corrected chi connectivity index (χ0v) is 40.9. The molecule has 0 radical (unpaired) electrons. The van der Waals surface area contributed by atoms with E-state index >= 15 is 0 Å². The fraction of sp³-hybridized carbons (Fsp3) is 0.891. The highest BCUT2D eigenvalue weighted by Gasteiger charge is 2.60. The van der Waals surface area contributed by atoms with E-state index in [-0.39, 0.29) is 0 Å². The molecule has 0 aromatic heterocycles. The van der Waals surface area contributed by atoms with Crippen LogP contribution in [-0.4, -0.2) is 221 Å². The number of aliphatic hydroxyl groups excluding tert-OH is 11. The zero-order valence-electron chi connectivity index (χ0n) is 40.9. The minimum absolute atomic E-state index is 0.522. The Morgan fingerprint density at radius 1 is 0.786 bits per heavy atom. The van der Waals surface area contributed by atoms with Gasteiger partial charge in [-0.1, -0.05) is 83.3 Å². The Hall–Kier alpha value is -2.73. The Bertz CT molecular complexity index is 1570. The third-order valence-corrected chi connectivity index (χ3v) is 12.3. The van der Waals surface area contributed by atoms with Crippen LogP contribution >= 0.6 is 0 Å². The number of carboxylic acid groups (broad SMARTS) is 1. The molecule has 18 atom stereocenters. The number of carbonyl (C=O) groups excluding carboxylic acids is 2. The summed E-state index contributed by atoms with van der Waals surface area (Å²) < 4.78 is 39.5. The lowest BCUT2D eigenvalue weighted by atomic mass is 9.88. The molecule has 3 fully saturated rings. The largest absolute Gasteiger partial charge is 0.477 e. The van der Waals surface area contributed by atoms with E-state index in [0.717, 1.165) is 32.6 Å². The van der Waals surface area contributed by atoms with E-state index in [9.17, 15) is 75.7 Å². The van der Waals surface area contributed by atoms with Gasteiger partial charge >= 0.3 is 12.1 Å². The normalized spacial score (nSPS) is 33.6. The summed E-state index contributed by atoms with van der Waals surface area (Å²) in [4.78, 5) is 37.7. The third kappa shape index (κ3) is 18.3. The molecule has 3 heterocycles. The summed E-state index contributed by atoms with van der Waals surface area (Å²) in [5, 5.41) is 134. The molecule has 24 heteroatoms. The summed E-state index contributed by atoms with van der Waals surface area (Å²) in [5.41, 5.74) is -0.904. The maximum Gasteiger partial charge on any atom is 0.408 e. The number of aliphatic carboxylic acids is 1. The maximum atomic E-state index is 12.9. The highest BCUT2D eigenvalue weighted by molar-refractivity contribution is 5.76. The summed E-state index contributed by atoms with van der Waals surface area (Å²) in [6.45, 7) is 4.62. The topological polar surface area (TPSA) is 383 Å². The van der Waals surface area contributed by atoms with Crippen LogP contribution in [0.5, 0.6) is 0 Å². The van der Waals surface area contributed by atoms with Crippen molar-refractivity contribution >= 4 is 18.0 Å². The molecule has 70 heavy (non-hydrogen) atoms. The minimum atomic E-state index is -3.09. The van der Waals surface area contributed by atoms with E-state index < -0.39 is 166 Å². The maximum absolute atomic E-state index is 12.9. The molecule has 0 aliphatic carbocycles. The van der Waals surface area contributed by atoms with E-state index in [1.807, 2.05) is 0 Å². The van der Waals surface area contributed by atoms with Gasteiger partial charge in [-0.25, -0.2) is 9.59 Å². The van der Waals surface area contributed by atoms with Crippen molar-refractivity contribution in [1.29, 1.82) is 0 Å². The number of amides is 2. The van der Waals surface area contributed by atoms with Crippen molar-refractivity contribution < 1.29 is 109 Å². The first-order chi connectivity index (χ1) is 33.0. The lowest BCUT2D eigenvalue weighted by Gasteiger charge is -2.50. The fourth-order valence-electron chi connectivity index (χ4n) is 8.47. The third-order valence-electron chi connectivity index (χ3n) is 12.3. The second kappa shape index (κ2) is 29.8. The first kappa shape index (κ1) is 61.6. The molecule has 3 aliphatic rings. The zero-order chi connectivity index (χ0) is 52.3. The van der Waals surface area contributed by atoms with Gasteiger partial charge in [0.2, 0.25) is 5.91 Å². The molecule has 2 amide bonds. The first-order valence-electron chi connectivity index (χ1n) is 24.4. The Labute approximate surface area is 408 Å². The van der Waals surface area contributed by atoms with Gasteiger partial charge in [0.15, 0.2) is 12.6 Å². The number of aliphatic hydroxyl groups is 11. The monoisotopic (exact) mass is 1010 g/mol. The second-order valence-corrected chi connectivity index (χ2v) is 19.3. The van der Waals surface area contributed by atoms with Gasteiger partial charge in [0.1, 0.15) is 72.7 Å². The average molecular weight is 1020 g/mol. The van der Waals surface area contributed by atoms with Gasteiger partial charge < -0.3 is 105 Å². The number of unbranched alkanes of at least 4 members (excludes halogenated alkanes) is 11. The highest BCUT2D eigenvalue weighted by atomic mass is 16.8. The molecule has 24 nitrogen and oxygen atoms in total. The standard InChI is InChI=1S/C46H82N2O22/c1-6-7-8-9-10-11-12-13-14-15-16-17-18-19-27(53)26(48-44(63)70-45(3,4)5)24-64-41-36(59)35(58)38(31(23-51)66-41)67-42-37(60)40(34(57)30(22-50)65-42)69-46(43(61)62)20-28(54)32(47-25(2)52)39(68-46)33(56)29(55)21-49/h18-19,26-42,49-51,53-60H,6-17,20-24H2,1-5H3,(H,47,52)(H,48,63)(H,61,62)/b19-18+/t26-,27+,28-,29+,30+,31+,32+,33+,34-,35+,36+,37+,38+,39+,40-,41+,42-,46-/m0/s1. The van der Waals surface area contributed by atoms with Crippen molar-refractivity contribution in [3.63, 3.8) is 0 Å². The molecule has 408 valence electrons. The van der Waals surface area contributed by atoms with Crippen LogP contribution in [0.3, 0.4) is 0 Å². The van der Waals surface area contributed by atoms with Crippen LogP contribution < -0.4 is 10.6 Å². The number of allylic oxidation sites excluding steroid dienone is 1. The molecular formula is C46H82N2O22. The predicted molar refractivity (Wildman–Crippen MR) is 243 cm³/mol. The SMILES string of the molecule is CCCCCCCCCCCCC/C=C/[C@@H](O)[C@H](CO[C@@H]1O[C@H](CO)[C@@H](O[C@@H]2O[C@H](CO)[C@H](O)[C@H](O[C@]3(C(=O)O)C[C@H](O)[C@@H](NC(C)=O)[C@H]([C@H](O)[C@H](O)CO)O3)[C@H]2O)[C@H](O)[C@H]1O)NC(=O)OC(C)(C)C. The Balaban J connectivity index is 1.73. The molecule has 0 bridgehead atoms. The van der Waals surface area contributed by atoms with Crippen molar-refractivity contribution in [2.24, 2.45) is 0 Å². The first-order valence-corrected chi connectivity index (χ1v) is 24.4. The molecule has 0 saturated carbocycles. The number of carbonyl (C=O) groups is 3. The number of nitrogens with one attached hydrogen (secondary N) is 2. The smallest absolute Gasteiger partial charge is 0.408 e. The van der Waals surface area contributed by atoms with Crippen LogP contribution in [0.4, 0.5) is 4.79 Å². The van der Waals surface area contributed by atoms with E-state index in [0.29, 0.717) is 6.42 Å². The van der Waals surface area contributed by atoms with Gasteiger partial charge in [0, 0.05) is 13.3 Å². The Morgan fingerprint density at radius 3 is 1.91 bits per heavy atom. The lowest BCUT2D eigenvalue weighted by molar-refractivity contribution is -0.386. The number of carboxylic acids is 1. The molecule has 3 saturated heterocycles. The summed E-state index contributed by atoms with van der Waals surface area (Å²) in [6, 6.07) is -2.76. The number of hydrogen-bond donors (Lipinski definition) is 14. The summed E-state index contributed by atoms with van der Waals surface area (Å²) in [7, 11) is 0. The molecule has 0 unspecified atom stereocenters. The van der Waals surface area contributed by atoms with Crippen LogP contribution in [0.1, 0.15) is 118 Å². The van der Waals surface area contributed by atoms with E-state index in [1.54, 1.807) is 26.8 Å². The number of rotatable bonds is 29. The molecule has 3 aliphatic heterocycles. The predicted octanol–water partition coefficient (Wildman–Crippen LogP) is -1.69. The molecule has 3 rings (SSSR count). The molecule has 14 N–H and O–H groups in total. The van der Waals surface area contributed by atoms with Crippen molar-refractivity contribution in [1.82, 2.24) is 10.6 Å². The van der Waals surface area contributed by atoms with Crippen LogP contribution in [0.25, 0.3) is 0 Å². The van der Waals surface area contributed by atoms with Crippen molar-refractivity contribution in [3.05, 3.63) is 12.2 Å². The minimum Gasteiger partial charge on any atom is -0.477 e. The lowest BCUT2D eigenvalue weighted by Crippen LogP contribution is -2.70. The summed E-state index contributed by atoms with van der Waals surface area (Å²) in [5.74, 6) is -5.85. The fourth-order valence-corrected chi connectivity index (χ4v) is 8.47. The molecule has 0 aromatic carbocycles. The summed E-state index contributed by atoms with van der Waals surface area (Å²) in [6.07, 6.45) is -13.9. The Morgan fingerprint density at radius 2 is 1.37 bits per heavy atom. The van der Waals surface area contributed by atoms with Gasteiger partial charge in [0.05, 0.1) is 50.7 Å². The highest BCUT2D eigenvalue weighted by Crippen LogP contribution is 2.38. The molecule has 0 spiro atoms. The van der Waals surface area contributed by atoms with Crippen molar-refractivity contribution in [3.8, 4) is 0 Å². The molecule has 0 aromatic rings. The number of alkyl carbamates (subject to hydrolysis) is 1. The van der Waals surface area contributed by atoms with Crippen molar-refractivity contribution in [2.45, 2.75) is 233 Å². The van der Waals surface area contributed by atoms with Gasteiger partial charge in [-0.15, -0.1) is 0 Å². The van der Waals surface area contributed by atoms with Gasteiger partial charge in [-0.2, -0.15) is 0 Å². The van der Waals surface area contributed by atoms with Crippen molar-refractivity contribution in [2.75, 3.05) is 26.4 Å². The van der Waals surface area contributed by atoms with Crippen LogP contribution in [-0.2, 0) is 42.7 Å². The van der Waals surface area contributed by atoms with Crippen LogP contribution in [0.15, 0.2) is 12.2 Å². The van der Waals surface area contributed by atoms with Gasteiger partial charge in [-0.05, 0) is 33.6 Å². The van der Waals surface area contributed by atoms with E-state index in [2.05, 4.69) is 17.6 Å². The van der Waals surface area contributed by atoms with Gasteiger partial charge in [0.25, 0.3) is 5.79 Å².